The average molecular weight is 269 g/mol. The van der Waals surface area contributed by atoms with Gasteiger partial charge in [0.15, 0.2) is 0 Å². The number of rotatable bonds is 2. The van der Waals surface area contributed by atoms with E-state index in [2.05, 4.69) is 4.98 Å². The van der Waals surface area contributed by atoms with Gasteiger partial charge in [-0.2, -0.15) is 0 Å². The number of aromatic nitrogens is 2. The van der Waals surface area contributed by atoms with Crippen LogP contribution in [0.4, 0.5) is 10.1 Å². The minimum absolute atomic E-state index is 0.240. The third kappa shape index (κ3) is 1.84. The topological polar surface area (TPSA) is 43.8 Å². The lowest BCUT2D eigenvalue weighted by Gasteiger charge is -2.12. The summed E-state index contributed by atoms with van der Waals surface area (Å²) in [6, 6.07) is 10.6. The van der Waals surface area contributed by atoms with Crippen LogP contribution in [0.15, 0.2) is 36.4 Å². The molecule has 0 bridgehead atoms. The van der Waals surface area contributed by atoms with E-state index in [-0.39, 0.29) is 5.82 Å². The van der Waals surface area contributed by atoms with Crippen molar-refractivity contribution >= 4 is 16.7 Å². The third-order valence-electron chi connectivity index (χ3n) is 3.48. The maximum Gasteiger partial charge on any atom is 0.147 e. The predicted octanol–water partition coefficient (Wildman–Crippen LogP) is 3.62. The van der Waals surface area contributed by atoms with E-state index in [0.29, 0.717) is 11.4 Å². The second-order valence-electron chi connectivity index (χ2n) is 4.87. The second kappa shape index (κ2) is 4.63. The van der Waals surface area contributed by atoms with Gasteiger partial charge in [0.2, 0.25) is 0 Å². The molecule has 20 heavy (non-hydrogen) atoms. The normalized spacial score (nSPS) is 11.2. The van der Waals surface area contributed by atoms with E-state index in [1.807, 2.05) is 42.7 Å². The highest BCUT2D eigenvalue weighted by Crippen LogP contribution is 2.27. The highest BCUT2D eigenvalue weighted by Gasteiger charge is 2.16. The van der Waals surface area contributed by atoms with Crippen LogP contribution in [0.3, 0.4) is 0 Å². The second-order valence-corrected chi connectivity index (χ2v) is 4.87. The summed E-state index contributed by atoms with van der Waals surface area (Å²) in [4.78, 5) is 4.57. The van der Waals surface area contributed by atoms with E-state index in [9.17, 15) is 4.39 Å². The monoisotopic (exact) mass is 269 g/mol. The maximum absolute atomic E-state index is 14.3. The summed E-state index contributed by atoms with van der Waals surface area (Å²) in [5.74, 6) is 0.592. The van der Waals surface area contributed by atoms with Crippen LogP contribution in [0.25, 0.3) is 16.7 Å². The molecule has 2 aromatic carbocycles. The van der Waals surface area contributed by atoms with Crippen molar-refractivity contribution in [2.45, 2.75) is 20.3 Å². The number of hydrogen-bond acceptors (Lipinski definition) is 2. The fourth-order valence-electron chi connectivity index (χ4n) is 2.54. The molecule has 2 N–H and O–H groups in total. The Balaban J connectivity index is 2.40. The Kier molecular flexibility index (Phi) is 2.93. The quantitative estimate of drug-likeness (QED) is 0.722. The first kappa shape index (κ1) is 12.7. The Bertz CT molecular complexity index is 770. The molecule has 3 nitrogen and oxygen atoms in total. The van der Waals surface area contributed by atoms with Crippen molar-refractivity contribution in [2.75, 3.05) is 5.73 Å². The lowest BCUT2D eigenvalue weighted by atomic mass is 10.1. The van der Waals surface area contributed by atoms with Crippen molar-refractivity contribution in [3.63, 3.8) is 0 Å². The van der Waals surface area contributed by atoms with E-state index in [0.717, 1.165) is 28.8 Å². The Morgan fingerprint density at radius 3 is 2.75 bits per heavy atom. The highest BCUT2D eigenvalue weighted by atomic mass is 19.1. The number of anilines is 1. The molecule has 4 heteroatoms. The summed E-state index contributed by atoms with van der Waals surface area (Å²) in [5, 5.41) is 0. The molecule has 0 atom stereocenters. The number of benzene rings is 2. The van der Waals surface area contributed by atoms with Crippen molar-refractivity contribution in [1.29, 1.82) is 0 Å². The fraction of sp³-hybridized carbons (Fsp3) is 0.188. The molecule has 0 radical (unpaired) electrons. The van der Waals surface area contributed by atoms with Crippen molar-refractivity contribution in [3.8, 4) is 5.69 Å². The first-order valence-electron chi connectivity index (χ1n) is 6.64. The molecule has 3 rings (SSSR count). The first-order valence-corrected chi connectivity index (χ1v) is 6.64. The zero-order chi connectivity index (χ0) is 14.3. The molecule has 102 valence electrons. The zero-order valence-electron chi connectivity index (χ0n) is 11.5. The molecule has 1 aromatic heterocycles. The van der Waals surface area contributed by atoms with Crippen LogP contribution in [0, 0.1) is 12.7 Å². The van der Waals surface area contributed by atoms with Crippen LogP contribution in [-0.4, -0.2) is 9.55 Å². The molecule has 0 saturated carbocycles. The largest absolute Gasteiger partial charge is 0.399 e. The molecular formula is C16H16FN3. The van der Waals surface area contributed by atoms with E-state index in [4.69, 9.17) is 5.73 Å². The Hall–Kier alpha value is -2.36. The van der Waals surface area contributed by atoms with Crippen molar-refractivity contribution in [1.82, 2.24) is 9.55 Å². The van der Waals surface area contributed by atoms with Gasteiger partial charge in [0.05, 0.1) is 16.7 Å². The number of nitrogens with zero attached hydrogens (tertiary/aromatic N) is 2. The standard InChI is InChI=1S/C16H16FN3/c1-3-15-19-13-9-11(18)7-8-14(13)20(15)16-10(2)5-4-6-12(16)17/h4-9H,3,18H2,1-2H3. The van der Waals surface area contributed by atoms with Gasteiger partial charge in [-0.05, 0) is 36.8 Å². The van der Waals surface area contributed by atoms with E-state index < -0.39 is 0 Å². The zero-order valence-corrected chi connectivity index (χ0v) is 11.5. The number of aryl methyl sites for hydroxylation is 2. The molecule has 0 aliphatic carbocycles. The van der Waals surface area contributed by atoms with Gasteiger partial charge in [0.1, 0.15) is 11.6 Å². The summed E-state index contributed by atoms with van der Waals surface area (Å²) >= 11 is 0. The van der Waals surface area contributed by atoms with Gasteiger partial charge in [-0.25, -0.2) is 9.37 Å². The first-order chi connectivity index (χ1) is 9.61. The Morgan fingerprint density at radius 1 is 1.25 bits per heavy atom. The van der Waals surface area contributed by atoms with E-state index in [1.165, 1.54) is 6.07 Å². The van der Waals surface area contributed by atoms with Crippen LogP contribution in [0.2, 0.25) is 0 Å². The smallest absolute Gasteiger partial charge is 0.147 e. The molecule has 0 unspecified atom stereocenters. The summed E-state index contributed by atoms with van der Waals surface area (Å²) in [7, 11) is 0. The highest BCUT2D eigenvalue weighted by molar-refractivity contribution is 5.81. The third-order valence-corrected chi connectivity index (χ3v) is 3.48. The van der Waals surface area contributed by atoms with Gasteiger partial charge in [-0.1, -0.05) is 19.1 Å². The van der Waals surface area contributed by atoms with E-state index >= 15 is 0 Å². The number of fused-ring (bicyclic) bond motifs is 1. The number of para-hydroxylation sites is 1. The molecule has 0 spiro atoms. The van der Waals surface area contributed by atoms with Crippen LogP contribution in [0.1, 0.15) is 18.3 Å². The summed E-state index contributed by atoms with van der Waals surface area (Å²) < 4.78 is 16.2. The number of nitrogen functional groups attached to an aromatic ring is 1. The molecule has 0 saturated heterocycles. The average Bonchev–Trinajstić information content (AvgIpc) is 2.76. The van der Waals surface area contributed by atoms with Crippen LogP contribution >= 0.6 is 0 Å². The SMILES string of the molecule is CCc1nc2cc(N)ccc2n1-c1c(C)cccc1F. The predicted molar refractivity (Wildman–Crippen MR) is 79.6 cm³/mol. The van der Waals surface area contributed by atoms with Gasteiger partial charge < -0.3 is 5.73 Å². The summed E-state index contributed by atoms with van der Waals surface area (Å²) in [6.07, 6.45) is 0.725. The number of halogens is 1. The maximum atomic E-state index is 14.3. The molecule has 3 aromatic rings. The van der Waals surface area contributed by atoms with E-state index in [1.54, 1.807) is 6.07 Å². The number of imidazole rings is 1. The van der Waals surface area contributed by atoms with Crippen molar-refractivity contribution < 1.29 is 4.39 Å². The van der Waals surface area contributed by atoms with Crippen LogP contribution < -0.4 is 5.73 Å². The molecule has 0 amide bonds. The molecule has 0 fully saturated rings. The molecule has 0 aliphatic heterocycles. The van der Waals surface area contributed by atoms with Gasteiger partial charge in [0.25, 0.3) is 0 Å². The van der Waals surface area contributed by atoms with Crippen molar-refractivity contribution in [3.05, 3.63) is 53.6 Å². The van der Waals surface area contributed by atoms with Crippen LogP contribution in [0.5, 0.6) is 0 Å². The molecule has 0 aliphatic rings. The minimum atomic E-state index is -0.240. The fourth-order valence-corrected chi connectivity index (χ4v) is 2.54. The van der Waals surface area contributed by atoms with Gasteiger partial charge in [-0.3, -0.25) is 4.57 Å². The van der Waals surface area contributed by atoms with Crippen molar-refractivity contribution in [2.24, 2.45) is 0 Å². The van der Waals surface area contributed by atoms with Gasteiger partial charge in [-0.15, -0.1) is 0 Å². The minimum Gasteiger partial charge on any atom is -0.399 e. The van der Waals surface area contributed by atoms with Crippen LogP contribution in [-0.2, 0) is 6.42 Å². The molecule has 1 heterocycles. The van der Waals surface area contributed by atoms with Gasteiger partial charge in [0, 0.05) is 12.1 Å². The molecular weight excluding hydrogens is 253 g/mol. The lowest BCUT2D eigenvalue weighted by Crippen LogP contribution is -2.04. The Labute approximate surface area is 116 Å². The number of hydrogen-bond donors (Lipinski definition) is 1. The summed E-state index contributed by atoms with van der Waals surface area (Å²) in [6.45, 7) is 3.91. The summed E-state index contributed by atoms with van der Waals surface area (Å²) in [5.41, 5.74) is 9.59. The van der Waals surface area contributed by atoms with Gasteiger partial charge >= 0.3 is 0 Å². The lowest BCUT2D eigenvalue weighted by molar-refractivity contribution is 0.615. The number of nitrogens with two attached hydrogens (primary N) is 1. The Morgan fingerprint density at radius 2 is 2.05 bits per heavy atom.